The number of esters is 1. The van der Waals surface area contributed by atoms with Gasteiger partial charge in [0.2, 0.25) is 5.91 Å². The number of allylic oxidation sites excluding steroid dienone is 1. The Balaban J connectivity index is 1.67. The lowest BCUT2D eigenvalue weighted by molar-refractivity contribution is -0.141. The van der Waals surface area contributed by atoms with Crippen LogP contribution in [0, 0.1) is 6.92 Å². The van der Waals surface area contributed by atoms with Crippen LogP contribution in [0.15, 0.2) is 51.6 Å². The van der Waals surface area contributed by atoms with E-state index in [4.69, 9.17) is 14.5 Å². The number of carbonyl (C=O) groups excluding carboxylic acids is 2. The molecule has 0 bridgehead atoms. The molecule has 3 heterocycles. The van der Waals surface area contributed by atoms with Crippen LogP contribution >= 0.6 is 11.8 Å². The highest BCUT2D eigenvalue weighted by Gasteiger charge is 2.41. The second kappa shape index (κ2) is 9.92. The number of aliphatic imine (C=N–C) groups is 1. The van der Waals surface area contributed by atoms with Gasteiger partial charge in [-0.25, -0.2) is 9.79 Å². The van der Waals surface area contributed by atoms with Crippen molar-refractivity contribution in [3.8, 4) is 0 Å². The van der Waals surface area contributed by atoms with Crippen molar-refractivity contribution < 1.29 is 19.1 Å². The van der Waals surface area contributed by atoms with E-state index in [1.165, 1.54) is 11.8 Å². The Morgan fingerprint density at radius 2 is 1.84 bits per heavy atom. The number of hydrogen-bond donors (Lipinski definition) is 0. The molecule has 3 aliphatic rings. The largest absolute Gasteiger partial charge is 0.460 e. The number of benzene rings is 1. The van der Waals surface area contributed by atoms with Crippen molar-refractivity contribution in [2.24, 2.45) is 4.99 Å². The monoisotopic (exact) mass is 455 g/mol. The molecule has 1 unspecified atom stereocenters. The molecule has 32 heavy (non-hydrogen) atoms. The summed E-state index contributed by atoms with van der Waals surface area (Å²) in [6.07, 6.45) is 2.40. The molecule has 0 saturated carbocycles. The zero-order valence-electron chi connectivity index (χ0n) is 18.8. The molecule has 1 fully saturated rings. The van der Waals surface area contributed by atoms with E-state index in [1.807, 2.05) is 53.3 Å². The number of thioether (sulfide) groups is 1. The van der Waals surface area contributed by atoms with Crippen LogP contribution in [0.2, 0.25) is 0 Å². The molecule has 0 spiro atoms. The summed E-state index contributed by atoms with van der Waals surface area (Å²) in [5.74, 6) is -0.288. The minimum absolute atomic E-state index is 0.119. The average Bonchev–Trinajstić information content (AvgIpc) is 3.44. The molecule has 3 aliphatic heterocycles. The lowest BCUT2D eigenvalue weighted by atomic mass is 9.93. The molecule has 0 N–H and O–H groups in total. The maximum absolute atomic E-state index is 13.1. The van der Waals surface area contributed by atoms with Gasteiger partial charge in [-0.2, -0.15) is 0 Å². The molecule has 0 radical (unpaired) electrons. The maximum Gasteiger partial charge on any atom is 0.338 e. The Morgan fingerprint density at radius 1 is 1.12 bits per heavy atom. The minimum Gasteiger partial charge on any atom is -0.460 e. The van der Waals surface area contributed by atoms with Gasteiger partial charge in [0.25, 0.3) is 0 Å². The third kappa shape index (κ3) is 4.61. The van der Waals surface area contributed by atoms with Gasteiger partial charge in [-0.3, -0.25) is 4.79 Å². The van der Waals surface area contributed by atoms with Crippen molar-refractivity contribution in [1.82, 2.24) is 9.80 Å². The summed E-state index contributed by atoms with van der Waals surface area (Å²) >= 11 is 1.50. The second-order valence-electron chi connectivity index (χ2n) is 8.20. The third-order valence-electron chi connectivity index (χ3n) is 5.93. The smallest absolute Gasteiger partial charge is 0.338 e. The third-order valence-corrected chi connectivity index (χ3v) is 6.81. The number of ether oxygens (including phenoxy) is 2. The van der Waals surface area contributed by atoms with E-state index in [0.29, 0.717) is 24.3 Å². The molecule has 1 aromatic rings. The number of amides is 1. The summed E-state index contributed by atoms with van der Waals surface area (Å²) in [4.78, 5) is 34.7. The fourth-order valence-electron chi connectivity index (χ4n) is 4.22. The minimum atomic E-state index is -0.407. The number of hydrogen-bond acceptors (Lipinski definition) is 7. The molecule has 0 aromatic heterocycles. The molecule has 7 nitrogen and oxygen atoms in total. The standard InChI is InChI=1S/C24H29N3O4S/c1-16-6-8-18(9-7-16)22-21(23(29)31-13-12-30-3)17(2)25-24-27(22)19(15-32-24)14-20(28)26-10-4-5-11-26/h6-9,15,22H,4-5,10-14H2,1-3H3. The SMILES string of the molecule is COCCOC(=O)C1=C(C)N=C2SC=C(CC(=O)N3CCCC3)N2C1c1ccc(C)cc1. The van der Waals surface area contributed by atoms with Crippen LogP contribution in [-0.4, -0.2) is 60.3 Å². The van der Waals surface area contributed by atoms with E-state index in [1.54, 1.807) is 7.11 Å². The normalized spacial score (nSPS) is 20.3. The van der Waals surface area contributed by atoms with Crippen LogP contribution in [0.4, 0.5) is 0 Å². The van der Waals surface area contributed by atoms with Crippen molar-refractivity contribution in [3.05, 3.63) is 57.8 Å². The summed E-state index contributed by atoms with van der Waals surface area (Å²) in [7, 11) is 1.57. The van der Waals surface area contributed by atoms with Crippen molar-refractivity contribution in [2.45, 2.75) is 39.2 Å². The van der Waals surface area contributed by atoms with Crippen LogP contribution in [0.25, 0.3) is 0 Å². The summed E-state index contributed by atoms with van der Waals surface area (Å²) in [6.45, 7) is 6.01. The van der Waals surface area contributed by atoms with Crippen LogP contribution in [0.3, 0.4) is 0 Å². The number of carbonyl (C=O) groups is 2. The van der Waals surface area contributed by atoms with Crippen LogP contribution < -0.4 is 0 Å². The molecule has 170 valence electrons. The maximum atomic E-state index is 13.1. The van der Waals surface area contributed by atoms with Crippen molar-refractivity contribution in [1.29, 1.82) is 0 Å². The molecule has 1 atom stereocenters. The lowest BCUT2D eigenvalue weighted by Crippen LogP contribution is -2.38. The van der Waals surface area contributed by atoms with E-state index < -0.39 is 12.0 Å². The summed E-state index contributed by atoms with van der Waals surface area (Å²) in [5.41, 5.74) is 4.10. The zero-order chi connectivity index (χ0) is 22.7. The Morgan fingerprint density at radius 3 is 2.53 bits per heavy atom. The van der Waals surface area contributed by atoms with Crippen LogP contribution in [-0.2, 0) is 19.1 Å². The quantitative estimate of drug-likeness (QED) is 0.460. The predicted octanol–water partition coefficient (Wildman–Crippen LogP) is 3.77. The topological polar surface area (TPSA) is 71.4 Å². The van der Waals surface area contributed by atoms with Gasteiger partial charge in [0, 0.05) is 25.9 Å². The summed E-state index contributed by atoms with van der Waals surface area (Å²) in [5, 5.41) is 2.77. The van der Waals surface area contributed by atoms with Gasteiger partial charge >= 0.3 is 5.97 Å². The van der Waals surface area contributed by atoms with Gasteiger partial charge in [0.05, 0.1) is 30.3 Å². The van der Waals surface area contributed by atoms with Crippen LogP contribution in [0.5, 0.6) is 0 Å². The van der Waals surface area contributed by atoms with E-state index in [0.717, 1.165) is 47.9 Å². The van der Waals surface area contributed by atoms with E-state index in [-0.39, 0.29) is 12.5 Å². The molecule has 1 amide bonds. The molecular weight excluding hydrogens is 426 g/mol. The number of fused-ring (bicyclic) bond motifs is 1. The zero-order valence-corrected chi connectivity index (χ0v) is 19.6. The van der Waals surface area contributed by atoms with Gasteiger partial charge in [-0.15, -0.1) is 0 Å². The first-order chi connectivity index (χ1) is 15.5. The molecule has 1 aromatic carbocycles. The second-order valence-corrected chi connectivity index (χ2v) is 9.03. The first kappa shape index (κ1) is 22.6. The Labute approximate surface area is 193 Å². The first-order valence-corrected chi connectivity index (χ1v) is 11.8. The van der Waals surface area contributed by atoms with Crippen molar-refractivity contribution >= 4 is 28.8 Å². The fourth-order valence-corrected chi connectivity index (χ4v) is 5.19. The van der Waals surface area contributed by atoms with Gasteiger partial charge in [-0.05, 0) is 37.7 Å². The van der Waals surface area contributed by atoms with E-state index >= 15 is 0 Å². The Bertz CT molecular complexity index is 977. The summed E-state index contributed by atoms with van der Waals surface area (Å²) in [6, 6.07) is 7.73. The first-order valence-electron chi connectivity index (χ1n) is 10.9. The highest BCUT2D eigenvalue weighted by atomic mass is 32.2. The van der Waals surface area contributed by atoms with Gasteiger partial charge in [-0.1, -0.05) is 41.6 Å². The fraction of sp³-hybridized carbons (Fsp3) is 0.458. The number of rotatable bonds is 7. The average molecular weight is 456 g/mol. The van der Waals surface area contributed by atoms with Crippen LogP contribution in [0.1, 0.15) is 43.4 Å². The van der Waals surface area contributed by atoms with Gasteiger partial charge < -0.3 is 19.3 Å². The van der Waals surface area contributed by atoms with E-state index in [9.17, 15) is 9.59 Å². The number of likely N-dealkylation sites (tertiary alicyclic amines) is 1. The highest BCUT2D eigenvalue weighted by molar-refractivity contribution is 8.16. The number of amidine groups is 1. The number of nitrogens with zero attached hydrogens (tertiary/aromatic N) is 3. The van der Waals surface area contributed by atoms with Crippen molar-refractivity contribution in [2.75, 3.05) is 33.4 Å². The van der Waals surface area contributed by atoms with Crippen molar-refractivity contribution in [3.63, 3.8) is 0 Å². The highest BCUT2D eigenvalue weighted by Crippen LogP contribution is 2.45. The molecule has 1 saturated heterocycles. The molecular formula is C24H29N3O4S. The van der Waals surface area contributed by atoms with E-state index in [2.05, 4.69) is 0 Å². The molecule has 8 heteroatoms. The summed E-state index contributed by atoms with van der Waals surface area (Å²) < 4.78 is 10.5. The lowest BCUT2D eigenvalue weighted by Gasteiger charge is -2.36. The van der Waals surface area contributed by atoms with Gasteiger partial charge in [0.1, 0.15) is 6.61 Å². The Kier molecular flexibility index (Phi) is 7.01. The number of aryl methyl sites for hydroxylation is 1. The van der Waals surface area contributed by atoms with Gasteiger partial charge in [0.15, 0.2) is 5.17 Å². The Hall–Kier alpha value is -2.58. The molecule has 0 aliphatic carbocycles. The predicted molar refractivity (Wildman–Crippen MR) is 125 cm³/mol. The number of methoxy groups -OCH3 is 1. The molecule has 4 rings (SSSR count).